The third kappa shape index (κ3) is 6.01. The Kier molecular flexibility index (Phi) is 7.66. The smallest absolute Gasteiger partial charge is 0.274 e. The molecule has 0 bridgehead atoms. The van der Waals surface area contributed by atoms with E-state index in [-0.39, 0.29) is 10.6 Å². The average Bonchev–Trinajstić information content (AvgIpc) is 2.62. The zero-order valence-corrected chi connectivity index (χ0v) is 15.2. The van der Waals surface area contributed by atoms with Crippen LogP contribution in [-0.4, -0.2) is 48.5 Å². The quantitative estimate of drug-likeness (QED) is 0.260. The van der Waals surface area contributed by atoms with E-state index in [0.29, 0.717) is 24.1 Å². The molecule has 0 saturated carbocycles. The highest BCUT2D eigenvalue weighted by atomic mass is 16.6. The summed E-state index contributed by atoms with van der Waals surface area (Å²) in [5, 5.41) is 17.5. The van der Waals surface area contributed by atoms with Crippen LogP contribution in [0.4, 0.5) is 5.69 Å². The fourth-order valence-corrected chi connectivity index (χ4v) is 3.22. The van der Waals surface area contributed by atoms with Gasteiger partial charge in [0.25, 0.3) is 5.69 Å². The highest BCUT2D eigenvalue weighted by Gasteiger charge is 2.17. The van der Waals surface area contributed by atoms with Crippen molar-refractivity contribution in [3.8, 4) is 0 Å². The predicted molar refractivity (Wildman–Crippen MR) is 101 cm³/mol. The number of rotatable bonds is 7. The van der Waals surface area contributed by atoms with E-state index in [1.165, 1.54) is 31.9 Å². The lowest BCUT2D eigenvalue weighted by molar-refractivity contribution is -0.385. The molecule has 138 valence electrons. The number of piperidine rings is 1. The van der Waals surface area contributed by atoms with Crippen LogP contribution in [0, 0.1) is 10.1 Å². The lowest BCUT2D eigenvalue weighted by atomic mass is 10.0. The number of hydrogen-bond acceptors (Lipinski definition) is 4. The first kappa shape index (κ1) is 19.2. The van der Waals surface area contributed by atoms with Crippen LogP contribution in [0.1, 0.15) is 38.2 Å². The van der Waals surface area contributed by atoms with Crippen LogP contribution in [0.3, 0.4) is 0 Å². The van der Waals surface area contributed by atoms with Crippen LogP contribution in [0.5, 0.6) is 0 Å². The largest absolute Gasteiger partial charge is 0.356 e. The predicted octanol–water partition coefficient (Wildman–Crippen LogP) is 2.52. The molecule has 7 nitrogen and oxygen atoms in total. The maximum Gasteiger partial charge on any atom is 0.274 e. The van der Waals surface area contributed by atoms with Crippen LogP contribution < -0.4 is 10.6 Å². The molecule has 1 heterocycles. The molecular weight excluding hydrogens is 318 g/mol. The van der Waals surface area contributed by atoms with Gasteiger partial charge in [0.15, 0.2) is 5.96 Å². The summed E-state index contributed by atoms with van der Waals surface area (Å²) < 4.78 is 0. The van der Waals surface area contributed by atoms with Gasteiger partial charge in [0.05, 0.1) is 4.92 Å². The fourth-order valence-electron chi connectivity index (χ4n) is 3.22. The molecule has 0 aliphatic carbocycles. The van der Waals surface area contributed by atoms with E-state index in [0.717, 1.165) is 19.5 Å². The Labute approximate surface area is 149 Å². The number of nitrogens with one attached hydrogen (secondary N) is 2. The number of guanidine groups is 1. The molecule has 1 atom stereocenters. The standard InChI is InChI=1S/C18H29N5O2/c1-15-8-5-6-12-22(15)13-7-11-20-18(19-2)21-14-16-9-3-4-10-17(16)23(24)25/h3-4,9-10,15H,5-8,11-14H2,1-2H3,(H2,19,20,21). The SMILES string of the molecule is CN=C(NCCCN1CCCCC1C)NCc1ccccc1[N+](=O)[O-]. The number of benzene rings is 1. The van der Waals surface area contributed by atoms with Crippen molar-refractivity contribution in [2.24, 2.45) is 4.99 Å². The summed E-state index contributed by atoms with van der Waals surface area (Å²) in [7, 11) is 1.71. The molecule has 1 saturated heterocycles. The van der Waals surface area contributed by atoms with Gasteiger partial charge in [0, 0.05) is 44.4 Å². The average molecular weight is 347 g/mol. The van der Waals surface area contributed by atoms with Gasteiger partial charge < -0.3 is 15.5 Å². The summed E-state index contributed by atoms with van der Waals surface area (Å²) >= 11 is 0. The minimum atomic E-state index is -0.354. The number of likely N-dealkylation sites (tertiary alicyclic amines) is 1. The third-order valence-corrected chi connectivity index (χ3v) is 4.71. The zero-order valence-electron chi connectivity index (χ0n) is 15.2. The van der Waals surface area contributed by atoms with Gasteiger partial charge in [-0.05, 0) is 32.7 Å². The van der Waals surface area contributed by atoms with Crippen molar-refractivity contribution in [1.29, 1.82) is 0 Å². The van der Waals surface area contributed by atoms with Crippen molar-refractivity contribution in [3.63, 3.8) is 0 Å². The monoisotopic (exact) mass is 347 g/mol. The number of nitro benzene ring substituents is 1. The normalized spacial score (nSPS) is 18.8. The summed E-state index contributed by atoms with van der Waals surface area (Å²) in [5.41, 5.74) is 0.780. The van der Waals surface area contributed by atoms with Crippen LogP contribution in [-0.2, 0) is 6.54 Å². The van der Waals surface area contributed by atoms with E-state index in [4.69, 9.17) is 0 Å². The van der Waals surface area contributed by atoms with Gasteiger partial charge in [-0.2, -0.15) is 0 Å². The zero-order chi connectivity index (χ0) is 18.1. The number of hydrogen-bond donors (Lipinski definition) is 2. The Hall–Kier alpha value is -2.15. The molecule has 2 N–H and O–H groups in total. The molecule has 0 aromatic heterocycles. The second-order valence-corrected chi connectivity index (χ2v) is 6.47. The van der Waals surface area contributed by atoms with E-state index >= 15 is 0 Å². The minimum Gasteiger partial charge on any atom is -0.356 e. The molecule has 0 spiro atoms. The Morgan fingerprint density at radius 3 is 2.88 bits per heavy atom. The molecule has 1 fully saturated rings. The first-order valence-corrected chi connectivity index (χ1v) is 9.02. The van der Waals surface area contributed by atoms with Crippen LogP contribution in [0.25, 0.3) is 0 Å². The summed E-state index contributed by atoms with van der Waals surface area (Å²) in [6, 6.07) is 7.45. The van der Waals surface area contributed by atoms with Gasteiger partial charge in [-0.25, -0.2) is 0 Å². The molecule has 0 amide bonds. The number of nitrogens with zero attached hydrogens (tertiary/aromatic N) is 3. The van der Waals surface area contributed by atoms with Crippen molar-refractivity contribution in [2.75, 3.05) is 26.7 Å². The fraction of sp³-hybridized carbons (Fsp3) is 0.611. The lowest BCUT2D eigenvalue weighted by Gasteiger charge is -2.33. The maximum absolute atomic E-state index is 11.1. The number of nitro groups is 1. The molecule has 25 heavy (non-hydrogen) atoms. The van der Waals surface area contributed by atoms with Crippen molar-refractivity contribution in [2.45, 2.75) is 45.2 Å². The first-order valence-electron chi connectivity index (χ1n) is 9.02. The van der Waals surface area contributed by atoms with Crippen LogP contribution >= 0.6 is 0 Å². The molecule has 1 aromatic rings. The second-order valence-electron chi connectivity index (χ2n) is 6.47. The molecule has 1 aliphatic rings. The molecule has 1 aromatic carbocycles. The van der Waals surface area contributed by atoms with Gasteiger partial charge >= 0.3 is 0 Å². The highest BCUT2D eigenvalue weighted by molar-refractivity contribution is 5.79. The Balaban J connectivity index is 1.73. The van der Waals surface area contributed by atoms with Crippen molar-refractivity contribution < 1.29 is 4.92 Å². The van der Waals surface area contributed by atoms with Gasteiger partial charge in [-0.1, -0.05) is 24.6 Å². The number of aliphatic imine (C=N–C) groups is 1. The van der Waals surface area contributed by atoms with E-state index in [9.17, 15) is 10.1 Å². The molecular formula is C18H29N5O2. The Morgan fingerprint density at radius 2 is 2.16 bits per heavy atom. The summed E-state index contributed by atoms with van der Waals surface area (Å²) in [6.45, 7) is 5.81. The van der Waals surface area contributed by atoms with E-state index < -0.39 is 0 Å². The topological polar surface area (TPSA) is 82.8 Å². The molecule has 7 heteroatoms. The molecule has 2 rings (SSSR count). The first-order chi connectivity index (χ1) is 12.1. The van der Waals surface area contributed by atoms with Crippen LogP contribution in [0.15, 0.2) is 29.3 Å². The van der Waals surface area contributed by atoms with Crippen LogP contribution in [0.2, 0.25) is 0 Å². The summed E-state index contributed by atoms with van der Waals surface area (Å²) in [4.78, 5) is 17.4. The van der Waals surface area contributed by atoms with Gasteiger partial charge in [0.1, 0.15) is 0 Å². The Morgan fingerprint density at radius 1 is 1.36 bits per heavy atom. The van der Waals surface area contributed by atoms with E-state index in [1.54, 1.807) is 25.2 Å². The van der Waals surface area contributed by atoms with Gasteiger partial charge in [-0.3, -0.25) is 15.1 Å². The molecule has 1 aliphatic heterocycles. The Bertz CT molecular complexity index is 591. The maximum atomic E-state index is 11.1. The van der Waals surface area contributed by atoms with E-state index in [1.807, 2.05) is 0 Å². The summed E-state index contributed by atoms with van der Waals surface area (Å²) in [6.07, 6.45) is 5.00. The molecule has 0 radical (unpaired) electrons. The van der Waals surface area contributed by atoms with Crippen molar-refractivity contribution in [1.82, 2.24) is 15.5 Å². The highest BCUT2D eigenvalue weighted by Crippen LogP contribution is 2.17. The van der Waals surface area contributed by atoms with Gasteiger partial charge in [0.2, 0.25) is 0 Å². The van der Waals surface area contributed by atoms with Crippen molar-refractivity contribution >= 4 is 11.6 Å². The van der Waals surface area contributed by atoms with Crippen molar-refractivity contribution in [3.05, 3.63) is 39.9 Å². The minimum absolute atomic E-state index is 0.129. The number of para-hydroxylation sites is 1. The summed E-state index contributed by atoms with van der Waals surface area (Å²) in [5.74, 6) is 0.671. The van der Waals surface area contributed by atoms with Gasteiger partial charge in [-0.15, -0.1) is 0 Å². The second kappa shape index (κ2) is 9.98. The van der Waals surface area contributed by atoms with E-state index in [2.05, 4.69) is 27.4 Å². The third-order valence-electron chi connectivity index (χ3n) is 4.71. The lowest BCUT2D eigenvalue weighted by Crippen LogP contribution is -2.41. The molecule has 1 unspecified atom stereocenters.